The Morgan fingerprint density at radius 1 is 0.270 bits per heavy atom. The number of benzene rings is 10. The van der Waals surface area contributed by atoms with E-state index >= 15 is 0 Å². The molecule has 63 heavy (non-hydrogen) atoms. The van der Waals surface area contributed by atoms with Gasteiger partial charge in [0.1, 0.15) is 0 Å². The highest BCUT2D eigenvalue weighted by molar-refractivity contribution is 7.20. The molecule has 0 saturated carbocycles. The molecule has 0 saturated heterocycles. The second-order valence-corrected chi connectivity index (χ2v) is 20.2. The van der Waals surface area contributed by atoms with Crippen molar-refractivity contribution in [3.63, 3.8) is 0 Å². The highest BCUT2D eigenvalue weighted by atomic mass is 28.3. The number of nitrogens with zero attached hydrogens (tertiary/aromatic N) is 2. The lowest BCUT2D eigenvalue weighted by molar-refractivity contribution is 1.16. The zero-order valence-corrected chi connectivity index (χ0v) is 35.6. The number of aromatic nitrogens is 2. The molecule has 0 aliphatic rings. The molecule has 0 unspecified atom stereocenters. The predicted octanol–water partition coefficient (Wildman–Crippen LogP) is 12.6. The van der Waals surface area contributed by atoms with Crippen LogP contribution in [0.2, 0.25) is 0 Å². The summed E-state index contributed by atoms with van der Waals surface area (Å²) >= 11 is 0. The van der Waals surface area contributed by atoms with E-state index in [0.29, 0.717) is 0 Å². The maximum atomic E-state index is 2.56. The van der Waals surface area contributed by atoms with Gasteiger partial charge in [-0.3, -0.25) is 0 Å². The van der Waals surface area contributed by atoms with Gasteiger partial charge in [-0.05, 0) is 62.2 Å². The lowest BCUT2D eigenvalue weighted by Gasteiger charge is -2.34. The molecule has 0 amide bonds. The summed E-state index contributed by atoms with van der Waals surface area (Å²) in [6.07, 6.45) is 0. The van der Waals surface area contributed by atoms with Crippen molar-refractivity contribution in [2.24, 2.45) is 0 Å². The fraction of sp³-hybridized carbons (Fsp3) is 0. The van der Waals surface area contributed by atoms with Gasteiger partial charge in [-0.1, -0.05) is 224 Å². The third-order valence-corrected chi connectivity index (χ3v) is 17.9. The molecule has 2 heterocycles. The van der Waals surface area contributed by atoms with Crippen LogP contribution in [-0.2, 0) is 0 Å². The molecule has 2 nitrogen and oxygen atoms in total. The topological polar surface area (TPSA) is 9.86 Å². The molecular weight excluding hydrogens is 777 g/mol. The largest absolute Gasteiger partial charge is 0.309 e. The van der Waals surface area contributed by atoms with Gasteiger partial charge >= 0.3 is 0 Å². The van der Waals surface area contributed by atoms with Crippen molar-refractivity contribution < 1.29 is 0 Å². The SMILES string of the molecule is c1ccc(-c2ccccc2-n2c3ccccc3c3ccc(-n4c5ccccc5c5ccc([Si](c6ccccc6)(c6ccccc6)c6ccccc6)cc54)c(-c4ccccc4)c32)cc1. The first kappa shape index (κ1) is 36.8. The molecule has 2 aromatic heterocycles. The molecule has 296 valence electrons. The Labute approximate surface area is 368 Å². The van der Waals surface area contributed by atoms with Crippen molar-refractivity contribution in [3.05, 3.63) is 255 Å². The van der Waals surface area contributed by atoms with Crippen LogP contribution in [0.25, 0.3) is 77.2 Å². The lowest BCUT2D eigenvalue weighted by atomic mass is 9.98. The molecule has 0 N–H and O–H groups in total. The van der Waals surface area contributed by atoms with E-state index in [4.69, 9.17) is 0 Å². The zero-order valence-electron chi connectivity index (χ0n) is 34.6. The molecule has 0 bridgehead atoms. The fourth-order valence-electron chi connectivity index (χ4n) is 10.4. The van der Waals surface area contributed by atoms with E-state index in [0.717, 1.165) is 11.4 Å². The van der Waals surface area contributed by atoms with E-state index in [2.05, 4.69) is 264 Å². The molecule has 0 fully saturated rings. The summed E-state index contributed by atoms with van der Waals surface area (Å²) in [5, 5.41) is 10.3. The molecule has 0 radical (unpaired) electrons. The van der Waals surface area contributed by atoms with Gasteiger partial charge < -0.3 is 9.13 Å². The minimum atomic E-state index is -2.84. The smallest absolute Gasteiger partial charge is 0.179 e. The molecule has 12 rings (SSSR count). The van der Waals surface area contributed by atoms with Gasteiger partial charge in [0.15, 0.2) is 8.07 Å². The molecule has 0 aliphatic carbocycles. The molecule has 12 aromatic rings. The predicted molar refractivity (Wildman–Crippen MR) is 270 cm³/mol. The first-order valence-corrected chi connectivity index (χ1v) is 23.8. The maximum Gasteiger partial charge on any atom is 0.179 e. The third kappa shape index (κ3) is 5.78. The average molecular weight is 819 g/mol. The summed E-state index contributed by atoms with van der Waals surface area (Å²) in [6, 6.07) is 94.3. The second kappa shape index (κ2) is 15.2. The number of fused-ring (bicyclic) bond motifs is 6. The fourth-order valence-corrected chi connectivity index (χ4v) is 15.2. The molecule has 3 heteroatoms. The minimum absolute atomic E-state index is 1.14. The second-order valence-electron chi connectivity index (χ2n) is 16.4. The minimum Gasteiger partial charge on any atom is -0.309 e. The Morgan fingerprint density at radius 2 is 0.714 bits per heavy atom. The van der Waals surface area contributed by atoms with Crippen molar-refractivity contribution >= 4 is 72.4 Å². The van der Waals surface area contributed by atoms with Crippen molar-refractivity contribution in [3.8, 4) is 33.6 Å². The Balaban J connectivity index is 1.24. The molecular formula is C60H42N2Si. The quantitative estimate of drug-likeness (QED) is 0.107. The first-order valence-electron chi connectivity index (χ1n) is 21.8. The summed E-state index contributed by atoms with van der Waals surface area (Å²) in [4.78, 5) is 0. The van der Waals surface area contributed by atoms with Crippen LogP contribution in [0.5, 0.6) is 0 Å². The normalized spacial score (nSPS) is 11.8. The van der Waals surface area contributed by atoms with E-state index in [9.17, 15) is 0 Å². The van der Waals surface area contributed by atoms with Gasteiger partial charge in [0.2, 0.25) is 0 Å². The van der Waals surface area contributed by atoms with Crippen LogP contribution in [0.15, 0.2) is 255 Å². The summed E-state index contributed by atoms with van der Waals surface area (Å²) in [7, 11) is -2.84. The van der Waals surface area contributed by atoms with Crippen molar-refractivity contribution in [2.75, 3.05) is 0 Å². The summed E-state index contributed by atoms with van der Waals surface area (Å²) < 4.78 is 5.08. The highest BCUT2D eigenvalue weighted by Gasteiger charge is 2.41. The lowest BCUT2D eigenvalue weighted by Crippen LogP contribution is -2.74. The average Bonchev–Trinajstić information content (AvgIpc) is 3.88. The van der Waals surface area contributed by atoms with E-state index in [1.165, 1.54) is 86.6 Å². The molecule has 0 atom stereocenters. The Morgan fingerprint density at radius 3 is 1.32 bits per heavy atom. The van der Waals surface area contributed by atoms with Crippen LogP contribution < -0.4 is 20.7 Å². The van der Waals surface area contributed by atoms with Gasteiger partial charge in [-0.15, -0.1) is 0 Å². The van der Waals surface area contributed by atoms with E-state index in [1.807, 2.05) is 0 Å². The first-order chi connectivity index (χ1) is 31.3. The van der Waals surface area contributed by atoms with Crippen molar-refractivity contribution in [1.82, 2.24) is 9.13 Å². The van der Waals surface area contributed by atoms with Crippen LogP contribution in [0.4, 0.5) is 0 Å². The Kier molecular flexibility index (Phi) is 8.87. The van der Waals surface area contributed by atoms with E-state index in [-0.39, 0.29) is 0 Å². The van der Waals surface area contributed by atoms with Gasteiger partial charge in [-0.25, -0.2) is 0 Å². The summed E-state index contributed by atoms with van der Waals surface area (Å²) in [5.41, 5.74) is 11.8. The summed E-state index contributed by atoms with van der Waals surface area (Å²) in [5.74, 6) is 0. The maximum absolute atomic E-state index is 2.84. The van der Waals surface area contributed by atoms with Crippen LogP contribution in [0, 0.1) is 0 Å². The van der Waals surface area contributed by atoms with Gasteiger partial charge in [0.25, 0.3) is 0 Å². The van der Waals surface area contributed by atoms with Crippen LogP contribution >= 0.6 is 0 Å². The summed E-state index contributed by atoms with van der Waals surface area (Å²) in [6.45, 7) is 0. The van der Waals surface area contributed by atoms with Crippen LogP contribution in [0.3, 0.4) is 0 Å². The molecule has 0 aliphatic heterocycles. The number of hydrogen-bond donors (Lipinski definition) is 0. The Hall–Kier alpha value is -7.98. The number of rotatable bonds is 8. The standard InChI is InChI=1S/C60H42N2Si/c1-6-22-43(23-7-1)49-32-16-19-35-54(49)62-56-37-21-18-34-51(56)53-40-41-57(59(60(53)62)44-24-8-2-9-25-44)61-55-36-20-17-33-50(55)52-39-38-48(42-58(52)61)63(45-26-10-3-11-27-45,46-28-12-4-13-29-46)47-30-14-5-15-31-47/h1-42H. The van der Waals surface area contributed by atoms with Crippen molar-refractivity contribution in [1.29, 1.82) is 0 Å². The van der Waals surface area contributed by atoms with E-state index in [1.54, 1.807) is 0 Å². The van der Waals surface area contributed by atoms with Gasteiger partial charge in [-0.2, -0.15) is 0 Å². The number of para-hydroxylation sites is 3. The number of hydrogen-bond acceptors (Lipinski definition) is 0. The molecule has 10 aromatic carbocycles. The van der Waals surface area contributed by atoms with Crippen LogP contribution in [-0.4, -0.2) is 17.2 Å². The Bertz CT molecular complexity index is 3500. The zero-order chi connectivity index (χ0) is 41.7. The molecule has 0 spiro atoms. The van der Waals surface area contributed by atoms with Crippen molar-refractivity contribution in [2.45, 2.75) is 0 Å². The third-order valence-electron chi connectivity index (χ3n) is 13.1. The van der Waals surface area contributed by atoms with Crippen LogP contribution in [0.1, 0.15) is 0 Å². The van der Waals surface area contributed by atoms with Gasteiger partial charge in [0, 0.05) is 32.7 Å². The van der Waals surface area contributed by atoms with Gasteiger partial charge in [0.05, 0.1) is 33.4 Å². The van der Waals surface area contributed by atoms with E-state index < -0.39 is 8.07 Å². The highest BCUT2D eigenvalue weighted by Crippen LogP contribution is 2.45. The monoisotopic (exact) mass is 818 g/mol.